The van der Waals surface area contributed by atoms with Gasteiger partial charge in [0.05, 0.1) is 18.5 Å². The van der Waals surface area contributed by atoms with Crippen molar-refractivity contribution in [2.75, 3.05) is 13.4 Å². The zero-order valence-electron chi connectivity index (χ0n) is 12.3. The van der Waals surface area contributed by atoms with Gasteiger partial charge in [-0.05, 0) is 37.3 Å². The van der Waals surface area contributed by atoms with Crippen molar-refractivity contribution in [3.8, 4) is 5.75 Å². The lowest BCUT2D eigenvalue weighted by molar-refractivity contribution is 0.0833. The van der Waals surface area contributed by atoms with E-state index in [4.69, 9.17) is 4.74 Å². The van der Waals surface area contributed by atoms with Gasteiger partial charge in [0.2, 0.25) is 0 Å². The van der Waals surface area contributed by atoms with Crippen LogP contribution < -0.4 is 4.74 Å². The molecule has 1 aliphatic rings. The molecule has 0 radical (unpaired) electrons. The molecule has 4 nitrogen and oxygen atoms in total. The molecule has 0 spiro atoms. The van der Waals surface area contributed by atoms with Crippen LogP contribution >= 0.6 is 15.9 Å². The SMILES string of the molecule is COc1cc(Br)ccc1C(O)C1CCCC(S(C)(=O)=O)C1. The minimum absolute atomic E-state index is 0.0476. The summed E-state index contributed by atoms with van der Waals surface area (Å²) in [5, 5.41) is 10.3. The highest BCUT2D eigenvalue weighted by molar-refractivity contribution is 9.10. The number of benzene rings is 1. The van der Waals surface area contributed by atoms with Crippen molar-refractivity contribution in [1.82, 2.24) is 0 Å². The van der Waals surface area contributed by atoms with Crippen LogP contribution in [0.3, 0.4) is 0 Å². The van der Waals surface area contributed by atoms with Gasteiger partial charge >= 0.3 is 0 Å². The normalized spacial score (nSPS) is 24.6. The minimum atomic E-state index is -3.05. The van der Waals surface area contributed by atoms with Crippen molar-refractivity contribution in [3.05, 3.63) is 28.2 Å². The average Bonchev–Trinajstić information content (AvgIpc) is 2.45. The maximum Gasteiger partial charge on any atom is 0.150 e. The Bertz CT molecular complexity index is 600. The van der Waals surface area contributed by atoms with Gasteiger partial charge in [-0.1, -0.05) is 28.4 Å². The van der Waals surface area contributed by atoms with E-state index in [1.54, 1.807) is 7.11 Å². The lowest BCUT2D eigenvalue weighted by Crippen LogP contribution is -2.30. The summed E-state index contributed by atoms with van der Waals surface area (Å²) in [6.07, 6.45) is 3.47. The summed E-state index contributed by atoms with van der Waals surface area (Å²) < 4.78 is 29.7. The zero-order valence-corrected chi connectivity index (χ0v) is 14.7. The highest BCUT2D eigenvalue weighted by atomic mass is 79.9. The Labute approximate surface area is 134 Å². The summed E-state index contributed by atoms with van der Waals surface area (Å²) in [6, 6.07) is 5.50. The number of aliphatic hydroxyl groups excluding tert-OH is 1. The Kier molecular flexibility index (Phi) is 5.33. The second kappa shape index (κ2) is 6.67. The summed E-state index contributed by atoms with van der Waals surface area (Å²) in [7, 11) is -1.48. The molecule has 21 heavy (non-hydrogen) atoms. The molecule has 0 saturated heterocycles. The van der Waals surface area contributed by atoms with Crippen LogP contribution in [-0.2, 0) is 9.84 Å². The van der Waals surface area contributed by atoms with E-state index in [9.17, 15) is 13.5 Å². The van der Waals surface area contributed by atoms with Gasteiger partial charge in [0.25, 0.3) is 0 Å². The average molecular weight is 377 g/mol. The maximum absolute atomic E-state index is 11.7. The van der Waals surface area contributed by atoms with Gasteiger partial charge in [0.1, 0.15) is 15.6 Å². The molecule has 0 heterocycles. The third kappa shape index (κ3) is 3.99. The fourth-order valence-electron chi connectivity index (χ4n) is 3.04. The summed E-state index contributed by atoms with van der Waals surface area (Å²) in [4.78, 5) is 0. The summed E-state index contributed by atoms with van der Waals surface area (Å²) in [5.74, 6) is 0.576. The molecule has 6 heteroatoms. The lowest BCUT2D eigenvalue weighted by atomic mass is 9.82. The van der Waals surface area contributed by atoms with E-state index in [0.29, 0.717) is 18.6 Å². The van der Waals surface area contributed by atoms with Crippen LogP contribution in [0.5, 0.6) is 5.75 Å². The van der Waals surface area contributed by atoms with Crippen molar-refractivity contribution in [1.29, 1.82) is 0 Å². The van der Waals surface area contributed by atoms with Crippen LogP contribution in [-0.4, -0.2) is 32.1 Å². The van der Waals surface area contributed by atoms with E-state index in [1.807, 2.05) is 18.2 Å². The summed E-state index contributed by atoms with van der Waals surface area (Å²) in [6.45, 7) is 0. The molecule has 0 bridgehead atoms. The topological polar surface area (TPSA) is 63.6 Å². The summed E-state index contributed by atoms with van der Waals surface area (Å²) in [5.41, 5.74) is 0.722. The van der Waals surface area contributed by atoms with Crippen LogP contribution in [0.1, 0.15) is 37.4 Å². The van der Waals surface area contributed by atoms with Crippen LogP contribution in [0.25, 0.3) is 0 Å². The maximum atomic E-state index is 11.7. The fourth-order valence-corrected chi connectivity index (χ4v) is 4.57. The van der Waals surface area contributed by atoms with Gasteiger partial charge in [-0.3, -0.25) is 0 Å². The quantitative estimate of drug-likeness (QED) is 0.876. The van der Waals surface area contributed by atoms with Gasteiger partial charge < -0.3 is 9.84 Å². The predicted molar refractivity (Wildman–Crippen MR) is 86.2 cm³/mol. The van der Waals surface area contributed by atoms with Crippen molar-refractivity contribution in [2.45, 2.75) is 37.0 Å². The first-order valence-corrected chi connectivity index (χ1v) is 9.78. The van der Waals surface area contributed by atoms with Crippen LogP contribution in [0, 0.1) is 5.92 Å². The van der Waals surface area contributed by atoms with Crippen molar-refractivity contribution in [2.24, 2.45) is 5.92 Å². The minimum Gasteiger partial charge on any atom is -0.496 e. The smallest absolute Gasteiger partial charge is 0.150 e. The Balaban J connectivity index is 2.21. The molecule has 2 rings (SSSR count). The van der Waals surface area contributed by atoms with E-state index in [0.717, 1.165) is 22.9 Å². The Morgan fingerprint density at radius 2 is 2.10 bits per heavy atom. The molecule has 1 fully saturated rings. The molecule has 0 amide bonds. The van der Waals surface area contributed by atoms with Gasteiger partial charge in [0, 0.05) is 16.3 Å². The molecular formula is C15H21BrO4S. The van der Waals surface area contributed by atoms with E-state index >= 15 is 0 Å². The van der Waals surface area contributed by atoms with Gasteiger partial charge in [0.15, 0.2) is 0 Å². The number of hydrogen-bond acceptors (Lipinski definition) is 4. The largest absolute Gasteiger partial charge is 0.496 e. The second-order valence-electron chi connectivity index (χ2n) is 5.71. The first-order chi connectivity index (χ1) is 9.82. The Morgan fingerprint density at radius 1 is 1.38 bits per heavy atom. The highest BCUT2D eigenvalue weighted by Crippen LogP contribution is 2.40. The molecule has 3 atom stereocenters. The summed E-state index contributed by atoms with van der Waals surface area (Å²) >= 11 is 3.38. The molecule has 0 aliphatic heterocycles. The molecular weight excluding hydrogens is 356 g/mol. The number of ether oxygens (including phenoxy) is 1. The predicted octanol–water partition coefficient (Wildman–Crippen LogP) is 3.09. The first-order valence-electron chi connectivity index (χ1n) is 7.03. The molecule has 118 valence electrons. The monoisotopic (exact) mass is 376 g/mol. The number of sulfone groups is 1. The standard InChI is InChI=1S/C15H21BrO4S/c1-20-14-9-11(16)6-7-13(14)15(17)10-4-3-5-12(8-10)21(2,18)19/h6-7,9-10,12,15,17H,3-5,8H2,1-2H3. The number of hydrogen-bond donors (Lipinski definition) is 1. The molecule has 1 aliphatic carbocycles. The molecule has 3 unspecified atom stereocenters. The van der Waals surface area contributed by atoms with Crippen LogP contribution in [0.15, 0.2) is 22.7 Å². The second-order valence-corrected chi connectivity index (χ2v) is 8.95. The highest BCUT2D eigenvalue weighted by Gasteiger charge is 2.33. The van der Waals surface area contributed by atoms with E-state index in [-0.39, 0.29) is 11.2 Å². The van der Waals surface area contributed by atoms with Gasteiger partial charge in [-0.2, -0.15) is 0 Å². The van der Waals surface area contributed by atoms with Crippen molar-refractivity contribution < 1.29 is 18.3 Å². The number of aliphatic hydroxyl groups is 1. The fraction of sp³-hybridized carbons (Fsp3) is 0.600. The van der Waals surface area contributed by atoms with Crippen LogP contribution in [0.4, 0.5) is 0 Å². The van der Waals surface area contributed by atoms with Crippen molar-refractivity contribution >= 4 is 25.8 Å². The Hall–Kier alpha value is -0.590. The zero-order chi connectivity index (χ0) is 15.6. The lowest BCUT2D eigenvalue weighted by Gasteiger charge is -2.32. The van der Waals surface area contributed by atoms with Crippen molar-refractivity contribution in [3.63, 3.8) is 0 Å². The van der Waals surface area contributed by atoms with E-state index in [2.05, 4.69) is 15.9 Å². The number of methoxy groups -OCH3 is 1. The molecule has 1 N–H and O–H groups in total. The number of rotatable bonds is 4. The first kappa shape index (κ1) is 16.8. The molecule has 1 aromatic carbocycles. The van der Waals surface area contributed by atoms with Crippen LogP contribution in [0.2, 0.25) is 0 Å². The van der Waals surface area contributed by atoms with E-state index in [1.165, 1.54) is 6.26 Å². The van der Waals surface area contributed by atoms with Gasteiger partial charge in [-0.25, -0.2) is 8.42 Å². The van der Waals surface area contributed by atoms with Gasteiger partial charge in [-0.15, -0.1) is 0 Å². The molecule has 1 saturated carbocycles. The Morgan fingerprint density at radius 3 is 2.71 bits per heavy atom. The molecule has 0 aromatic heterocycles. The number of halogens is 1. The third-order valence-electron chi connectivity index (χ3n) is 4.23. The van der Waals surface area contributed by atoms with E-state index < -0.39 is 15.9 Å². The molecule has 1 aromatic rings. The third-order valence-corrected chi connectivity index (χ3v) is 6.37.